The first-order valence-corrected chi connectivity index (χ1v) is 8.00. The van der Waals surface area contributed by atoms with Crippen molar-refractivity contribution in [2.45, 2.75) is 11.4 Å². The van der Waals surface area contributed by atoms with Crippen molar-refractivity contribution >= 4 is 27.3 Å². The van der Waals surface area contributed by atoms with Crippen LogP contribution in [0.25, 0.3) is 0 Å². The lowest BCUT2D eigenvalue weighted by Gasteiger charge is -2.11. The number of benzene rings is 2. The van der Waals surface area contributed by atoms with Crippen LogP contribution in [0.5, 0.6) is 0 Å². The van der Waals surface area contributed by atoms with E-state index >= 15 is 0 Å². The number of rotatable bonds is 5. The van der Waals surface area contributed by atoms with Crippen LogP contribution in [0.1, 0.15) is 5.56 Å². The minimum atomic E-state index is -3.90. The van der Waals surface area contributed by atoms with E-state index in [4.69, 9.17) is 11.6 Å². The molecule has 0 radical (unpaired) electrons. The number of halogens is 2. The third kappa shape index (κ3) is 3.72. The van der Waals surface area contributed by atoms with Gasteiger partial charge in [0.15, 0.2) is 0 Å². The predicted octanol–water partition coefficient (Wildman–Crippen LogP) is 3.00. The van der Waals surface area contributed by atoms with E-state index in [9.17, 15) is 12.8 Å². The highest BCUT2D eigenvalue weighted by molar-refractivity contribution is 7.92. The van der Waals surface area contributed by atoms with Crippen molar-refractivity contribution in [1.29, 1.82) is 0 Å². The molecule has 0 amide bonds. The van der Waals surface area contributed by atoms with Gasteiger partial charge in [0.1, 0.15) is 11.5 Å². The molecule has 0 aliphatic carbocycles. The summed E-state index contributed by atoms with van der Waals surface area (Å²) in [5.41, 5.74) is 0.554. The Kier molecular flexibility index (Phi) is 4.82. The summed E-state index contributed by atoms with van der Waals surface area (Å²) in [5, 5.41) is 2.94. The van der Waals surface area contributed by atoms with E-state index in [2.05, 4.69) is 10.0 Å². The predicted molar refractivity (Wildman–Crippen MR) is 81.4 cm³/mol. The average Bonchev–Trinajstić information content (AvgIpc) is 2.44. The van der Waals surface area contributed by atoms with Crippen LogP contribution in [0.2, 0.25) is 5.02 Å². The molecule has 0 bridgehead atoms. The van der Waals surface area contributed by atoms with Gasteiger partial charge in [0.2, 0.25) is 0 Å². The quantitative estimate of drug-likeness (QED) is 0.887. The van der Waals surface area contributed by atoms with Crippen molar-refractivity contribution in [3.63, 3.8) is 0 Å². The minimum Gasteiger partial charge on any atom is -0.316 e. The van der Waals surface area contributed by atoms with E-state index in [-0.39, 0.29) is 15.6 Å². The molecular formula is C14H14ClFN2O2S. The molecule has 0 heterocycles. The van der Waals surface area contributed by atoms with Gasteiger partial charge in [-0.3, -0.25) is 4.72 Å². The van der Waals surface area contributed by atoms with Gasteiger partial charge < -0.3 is 5.32 Å². The van der Waals surface area contributed by atoms with E-state index in [0.29, 0.717) is 6.54 Å². The Morgan fingerprint density at radius 3 is 2.57 bits per heavy atom. The Labute approximate surface area is 128 Å². The molecule has 112 valence electrons. The SMILES string of the molecule is CNCc1cccc(S(=O)(=O)Nc2c(F)cccc2Cl)c1. The van der Waals surface area contributed by atoms with Gasteiger partial charge in [-0.05, 0) is 36.9 Å². The maximum absolute atomic E-state index is 13.7. The standard InChI is InChI=1S/C14H14ClFN2O2S/c1-17-9-10-4-2-5-11(8-10)21(19,20)18-14-12(15)6-3-7-13(14)16/h2-8,17-18H,9H2,1H3. The number of anilines is 1. The molecule has 0 saturated carbocycles. The van der Waals surface area contributed by atoms with Crippen LogP contribution >= 0.6 is 11.6 Å². The van der Waals surface area contributed by atoms with Gasteiger partial charge in [-0.25, -0.2) is 12.8 Å². The Morgan fingerprint density at radius 2 is 1.90 bits per heavy atom. The average molecular weight is 329 g/mol. The maximum atomic E-state index is 13.7. The summed E-state index contributed by atoms with van der Waals surface area (Å²) in [6.45, 7) is 0.532. The molecule has 4 nitrogen and oxygen atoms in total. The Hall–Kier alpha value is -1.63. The van der Waals surface area contributed by atoms with E-state index in [1.54, 1.807) is 19.2 Å². The highest BCUT2D eigenvalue weighted by Crippen LogP contribution is 2.27. The largest absolute Gasteiger partial charge is 0.316 e. The van der Waals surface area contributed by atoms with E-state index in [1.807, 2.05) is 0 Å². The van der Waals surface area contributed by atoms with Crippen molar-refractivity contribution in [2.75, 3.05) is 11.8 Å². The Morgan fingerprint density at radius 1 is 1.19 bits per heavy atom. The second-order valence-corrected chi connectivity index (χ2v) is 6.47. The number of hydrogen-bond acceptors (Lipinski definition) is 3. The summed E-state index contributed by atoms with van der Waals surface area (Å²) in [6, 6.07) is 10.4. The van der Waals surface area contributed by atoms with Crippen molar-refractivity contribution < 1.29 is 12.8 Å². The molecule has 2 N–H and O–H groups in total. The molecule has 2 rings (SSSR count). The maximum Gasteiger partial charge on any atom is 0.262 e. The molecule has 2 aromatic carbocycles. The first-order valence-electron chi connectivity index (χ1n) is 6.14. The summed E-state index contributed by atoms with van der Waals surface area (Å²) in [5.74, 6) is -0.725. The molecule has 2 aromatic rings. The summed E-state index contributed by atoms with van der Waals surface area (Å²) in [4.78, 5) is 0.0505. The molecule has 0 aliphatic rings. The molecule has 7 heteroatoms. The summed E-state index contributed by atoms with van der Waals surface area (Å²) < 4.78 is 40.5. The molecule has 0 spiro atoms. The normalized spacial score (nSPS) is 11.4. The highest BCUT2D eigenvalue weighted by atomic mass is 35.5. The number of hydrogen-bond donors (Lipinski definition) is 2. The lowest BCUT2D eigenvalue weighted by atomic mass is 10.2. The van der Waals surface area contributed by atoms with Gasteiger partial charge >= 0.3 is 0 Å². The molecule has 0 aliphatic heterocycles. The topological polar surface area (TPSA) is 58.2 Å². The van der Waals surface area contributed by atoms with Crippen LogP contribution in [0.4, 0.5) is 10.1 Å². The van der Waals surface area contributed by atoms with Gasteiger partial charge in [0.05, 0.1) is 9.92 Å². The zero-order chi connectivity index (χ0) is 15.5. The number of sulfonamides is 1. The first kappa shape index (κ1) is 15.8. The number of nitrogens with one attached hydrogen (secondary N) is 2. The molecule has 0 unspecified atom stereocenters. The number of para-hydroxylation sites is 1. The van der Waals surface area contributed by atoms with Crippen LogP contribution in [0.3, 0.4) is 0 Å². The lowest BCUT2D eigenvalue weighted by molar-refractivity contribution is 0.598. The van der Waals surface area contributed by atoms with E-state index in [0.717, 1.165) is 11.6 Å². The third-order valence-corrected chi connectivity index (χ3v) is 4.45. The van der Waals surface area contributed by atoms with Crippen LogP contribution in [0.15, 0.2) is 47.4 Å². The summed E-state index contributed by atoms with van der Waals surface area (Å²) in [6.07, 6.45) is 0. The lowest BCUT2D eigenvalue weighted by Crippen LogP contribution is -2.15. The molecule has 0 aromatic heterocycles. The fourth-order valence-corrected chi connectivity index (χ4v) is 3.24. The molecule has 0 fully saturated rings. The van der Waals surface area contributed by atoms with Crippen LogP contribution in [-0.4, -0.2) is 15.5 Å². The van der Waals surface area contributed by atoms with Gasteiger partial charge in [0.25, 0.3) is 10.0 Å². The van der Waals surface area contributed by atoms with E-state index < -0.39 is 15.8 Å². The molecule has 0 atom stereocenters. The van der Waals surface area contributed by atoms with Crippen LogP contribution in [0, 0.1) is 5.82 Å². The van der Waals surface area contributed by atoms with Gasteiger partial charge in [-0.2, -0.15) is 0 Å². The van der Waals surface area contributed by atoms with Crippen molar-refractivity contribution in [3.8, 4) is 0 Å². The minimum absolute atomic E-state index is 0.00459. The molecular weight excluding hydrogens is 315 g/mol. The smallest absolute Gasteiger partial charge is 0.262 e. The van der Waals surface area contributed by atoms with Crippen molar-refractivity contribution in [2.24, 2.45) is 0 Å². The second kappa shape index (κ2) is 6.43. The van der Waals surface area contributed by atoms with Gasteiger partial charge in [0, 0.05) is 6.54 Å². The molecule has 0 saturated heterocycles. The Bertz CT molecular complexity index is 730. The fourth-order valence-electron chi connectivity index (χ4n) is 1.82. The van der Waals surface area contributed by atoms with Crippen LogP contribution < -0.4 is 10.0 Å². The van der Waals surface area contributed by atoms with Crippen LogP contribution in [-0.2, 0) is 16.6 Å². The zero-order valence-electron chi connectivity index (χ0n) is 11.2. The van der Waals surface area contributed by atoms with Crippen molar-refractivity contribution in [3.05, 3.63) is 58.9 Å². The van der Waals surface area contributed by atoms with Crippen molar-refractivity contribution in [1.82, 2.24) is 5.32 Å². The third-order valence-electron chi connectivity index (χ3n) is 2.79. The fraction of sp³-hybridized carbons (Fsp3) is 0.143. The monoisotopic (exact) mass is 328 g/mol. The van der Waals surface area contributed by atoms with E-state index in [1.165, 1.54) is 24.3 Å². The van der Waals surface area contributed by atoms with Gasteiger partial charge in [-0.1, -0.05) is 29.8 Å². The summed E-state index contributed by atoms with van der Waals surface area (Å²) in [7, 11) is -2.14. The molecule has 21 heavy (non-hydrogen) atoms. The highest BCUT2D eigenvalue weighted by Gasteiger charge is 2.18. The Balaban J connectivity index is 2.36. The first-order chi connectivity index (χ1) is 9.94. The zero-order valence-corrected chi connectivity index (χ0v) is 12.8. The van der Waals surface area contributed by atoms with Gasteiger partial charge in [-0.15, -0.1) is 0 Å². The summed E-state index contributed by atoms with van der Waals surface area (Å²) >= 11 is 5.83. The second-order valence-electron chi connectivity index (χ2n) is 4.38.